The third-order valence-corrected chi connectivity index (χ3v) is 7.50. The summed E-state index contributed by atoms with van der Waals surface area (Å²) in [5.74, 6) is 2.11. The SMILES string of the molecule is CC(C)CN1CCN(CCCOc2ccc(C(=O)N3Cc4cnn(C)c4Nc4ccccc43)c(Cl)c2)CC1. The van der Waals surface area contributed by atoms with Crippen LogP contribution >= 0.6 is 11.6 Å². The van der Waals surface area contributed by atoms with E-state index in [1.54, 1.807) is 27.9 Å². The third kappa shape index (κ3) is 5.98. The Morgan fingerprint density at radius 3 is 2.63 bits per heavy atom. The molecule has 1 aromatic heterocycles. The van der Waals surface area contributed by atoms with E-state index in [2.05, 4.69) is 34.1 Å². The van der Waals surface area contributed by atoms with Crippen molar-refractivity contribution in [1.82, 2.24) is 19.6 Å². The first-order valence-corrected chi connectivity index (χ1v) is 13.8. The lowest BCUT2D eigenvalue weighted by atomic mass is 10.1. The van der Waals surface area contributed by atoms with Gasteiger partial charge in [0.1, 0.15) is 11.6 Å². The number of halogens is 1. The molecule has 8 nitrogen and oxygen atoms in total. The number of carbonyl (C=O) groups excluding carboxylic acids is 1. The Morgan fingerprint density at radius 2 is 1.87 bits per heavy atom. The fourth-order valence-electron chi connectivity index (χ4n) is 5.23. The average Bonchev–Trinajstić information content (AvgIpc) is 3.14. The molecule has 0 aliphatic carbocycles. The van der Waals surface area contributed by atoms with E-state index in [1.807, 2.05) is 37.4 Å². The number of hydrogen-bond acceptors (Lipinski definition) is 6. The van der Waals surface area contributed by atoms with Crippen LogP contribution in [0.3, 0.4) is 0 Å². The van der Waals surface area contributed by atoms with Crippen molar-refractivity contribution in [3.63, 3.8) is 0 Å². The highest BCUT2D eigenvalue weighted by Gasteiger charge is 2.28. The minimum Gasteiger partial charge on any atom is -0.493 e. The summed E-state index contributed by atoms with van der Waals surface area (Å²) >= 11 is 6.63. The molecule has 0 radical (unpaired) electrons. The molecule has 0 saturated carbocycles. The number of para-hydroxylation sites is 2. The van der Waals surface area contributed by atoms with Gasteiger partial charge in [-0.1, -0.05) is 37.6 Å². The smallest absolute Gasteiger partial charge is 0.260 e. The lowest BCUT2D eigenvalue weighted by Gasteiger charge is -2.35. The topological polar surface area (TPSA) is 65.9 Å². The van der Waals surface area contributed by atoms with E-state index in [1.165, 1.54) is 6.54 Å². The predicted molar refractivity (Wildman–Crippen MR) is 153 cm³/mol. The molecule has 202 valence electrons. The molecule has 0 spiro atoms. The van der Waals surface area contributed by atoms with Crippen molar-refractivity contribution >= 4 is 34.7 Å². The van der Waals surface area contributed by atoms with Gasteiger partial charge in [0.15, 0.2) is 0 Å². The summed E-state index contributed by atoms with van der Waals surface area (Å²) in [4.78, 5) is 20.5. The summed E-state index contributed by atoms with van der Waals surface area (Å²) < 4.78 is 7.77. The zero-order valence-corrected chi connectivity index (χ0v) is 23.2. The number of fused-ring (bicyclic) bond motifs is 2. The van der Waals surface area contributed by atoms with Gasteiger partial charge in [-0.3, -0.25) is 9.48 Å². The minimum absolute atomic E-state index is 0.163. The molecule has 2 aliphatic heterocycles. The van der Waals surface area contributed by atoms with Gasteiger partial charge in [0, 0.05) is 51.9 Å². The van der Waals surface area contributed by atoms with Gasteiger partial charge in [-0.25, -0.2) is 0 Å². The number of amides is 1. The Bertz CT molecular complexity index is 1270. The Labute approximate surface area is 230 Å². The molecule has 9 heteroatoms. The van der Waals surface area contributed by atoms with Crippen LogP contribution in [0.1, 0.15) is 36.2 Å². The number of piperazine rings is 1. The highest BCUT2D eigenvalue weighted by molar-refractivity contribution is 6.34. The van der Waals surface area contributed by atoms with E-state index in [4.69, 9.17) is 16.3 Å². The summed E-state index contributed by atoms with van der Waals surface area (Å²) in [6, 6.07) is 13.1. The Morgan fingerprint density at radius 1 is 1.11 bits per heavy atom. The number of rotatable bonds is 8. The molecule has 3 aromatic rings. The first kappa shape index (κ1) is 26.5. The van der Waals surface area contributed by atoms with Crippen LogP contribution in [0, 0.1) is 5.92 Å². The Hall–Kier alpha value is -3.07. The lowest BCUT2D eigenvalue weighted by molar-refractivity contribution is 0.0985. The molecule has 5 rings (SSSR count). The molecule has 2 aromatic carbocycles. The van der Waals surface area contributed by atoms with Crippen molar-refractivity contribution < 1.29 is 9.53 Å². The summed E-state index contributed by atoms with van der Waals surface area (Å²) in [5, 5.41) is 8.16. The monoisotopic (exact) mass is 536 g/mol. The van der Waals surface area contributed by atoms with E-state index in [0.717, 1.165) is 67.8 Å². The van der Waals surface area contributed by atoms with E-state index in [-0.39, 0.29) is 5.91 Å². The first-order chi connectivity index (χ1) is 18.4. The van der Waals surface area contributed by atoms with Crippen molar-refractivity contribution in [2.45, 2.75) is 26.8 Å². The summed E-state index contributed by atoms with van der Waals surface area (Å²) in [5.41, 5.74) is 3.03. The largest absolute Gasteiger partial charge is 0.493 e. The second-order valence-corrected chi connectivity index (χ2v) is 11.0. The maximum Gasteiger partial charge on any atom is 0.260 e. The summed E-state index contributed by atoms with van der Waals surface area (Å²) in [6.07, 6.45) is 2.74. The number of aryl methyl sites for hydroxylation is 1. The van der Waals surface area contributed by atoms with Gasteiger partial charge in [0.25, 0.3) is 5.91 Å². The van der Waals surface area contributed by atoms with Crippen LogP contribution in [0.15, 0.2) is 48.7 Å². The quantitative estimate of drug-likeness (QED) is 0.408. The second-order valence-electron chi connectivity index (χ2n) is 10.6. The fraction of sp³-hybridized carbons (Fsp3) is 0.448. The van der Waals surface area contributed by atoms with Gasteiger partial charge < -0.3 is 24.8 Å². The van der Waals surface area contributed by atoms with Crippen molar-refractivity contribution in [1.29, 1.82) is 0 Å². The van der Waals surface area contributed by atoms with Crippen LogP contribution in [0.5, 0.6) is 5.75 Å². The highest BCUT2D eigenvalue weighted by atomic mass is 35.5. The number of nitrogens with zero attached hydrogens (tertiary/aromatic N) is 5. The number of hydrogen-bond donors (Lipinski definition) is 1. The maximum absolute atomic E-state index is 13.7. The van der Waals surface area contributed by atoms with Gasteiger partial charge >= 0.3 is 0 Å². The molecule has 1 fully saturated rings. The number of carbonyl (C=O) groups is 1. The molecule has 0 unspecified atom stereocenters. The van der Waals surface area contributed by atoms with Crippen LogP contribution in [0.4, 0.5) is 17.2 Å². The normalized spacial score (nSPS) is 16.1. The van der Waals surface area contributed by atoms with Crippen molar-refractivity contribution in [3.05, 3.63) is 64.8 Å². The second kappa shape index (κ2) is 11.8. The molecule has 2 aliphatic rings. The highest BCUT2D eigenvalue weighted by Crippen LogP contribution is 2.37. The maximum atomic E-state index is 13.7. The molecule has 1 saturated heterocycles. The molecule has 0 atom stereocenters. The summed E-state index contributed by atoms with van der Waals surface area (Å²) in [7, 11) is 1.88. The van der Waals surface area contributed by atoms with E-state index >= 15 is 0 Å². The lowest BCUT2D eigenvalue weighted by Crippen LogP contribution is -2.47. The number of nitrogens with one attached hydrogen (secondary N) is 1. The average molecular weight is 537 g/mol. The summed E-state index contributed by atoms with van der Waals surface area (Å²) in [6.45, 7) is 12.3. The molecule has 3 heterocycles. The predicted octanol–water partition coefficient (Wildman–Crippen LogP) is 5.02. The number of ether oxygens (including phenoxy) is 1. The third-order valence-electron chi connectivity index (χ3n) is 7.18. The molecule has 38 heavy (non-hydrogen) atoms. The first-order valence-electron chi connectivity index (χ1n) is 13.4. The number of benzene rings is 2. The Balaban J connectivity index is 1.19. The van der Waals surface area contributed by atoms with E-state index in [0.29, 0.717) is 29.5 Å². The zero-order valence-electron chi connectivity index (χ0n) is 22.5. The van der Waals surface area contributed by atoms with E-state index < -0.39 is 0 Å². The molecule has 1 amide bonds. The van der Waals surface area contributed by atoms with Crippen LogP contribution in [0.25, 0.3) is 0 Å². The van der Waals surface area contributed by atoms with Crippen molar-refractivity contribution in [2.24, 2.45) is 13.0 Å². The molecule has 0 bridgehead atoms. The van der Waals surface area contributed by atoms with Gasteiger partial charge in [-0.2, -0.15) is 5.10 Å². The van der Waals surface area contributed by atoms with Crippen molar-refractivity contribution in [2.75, 3.05) is 56.1 Å². The van der Waals surface area contributed by atoms with Gasteiger partial charge in [-0.15, -0.1) is 0 Å². The van der Waals surface area contributed by atoms with Gasteiger partial charge in [0.2, 0.25) is 0 Å². The van der Waals surface area contributed by atoms with Gasteiger partial charge in [-0.05, 0) is 42.7 Å². The van der Waals surface area contributed by atoms with Crippen molar-refractivity contribution in [3.8, 4) is 5.75 Å². The van der Waals surface area contributed by atoms with Gasteiger partial charge in [0.05, 0.1) is 41.3 Å². The molecular weight excluding hydrogens is 500 g/mol. The minimum atomic E-state index is -0.163. The standard InChI is InChI=1S/C29H37ClN6O2/c1-21(2)19-35-14-12-34(13-15-35)11-6-16-38-23-9-10-24(25(30)17-23)29(37)36-20-22-18-31-33(3)28(22)32-26-7-4-5-8-27(26)36/h4-5,7-10,17-18,21,32H,6,11-16,19-20H2,1-3H3. The van der Waals surface area contributed by atoms with Crippen LogP contribution in [-0.4, -0.2) is 71.4 Å². The molecule has 1 N–H and O–H groups in total. The van der Waals surface area contributed by atoms with Crippen LogP contribution in [-0.2, 0) is 13.6 Å². The molecular formula is C29H37ClN6O2. The fourth-order valence-corrected chi connectivity index (χ4v) is 5.48. The zero-order chi connectivity index (χ0) is 26.6. The number of aromatic nitrogens is 2. The van der Waals surface area contributed by atoms with Crippen LogP contribution in [0.2, 0.25) is 5.02 Å². The van der Waals surface area contributed by atoms with Crippen LogP contribution < -0.4 is 15.0 Å². The van der Waals surface area contributed by atoms with E-state index in [9.17, 15) is 4.79 Å². The Kier molecular flexibility index (Phi) is 8.21. The number of anilines is 3.